The van der Waals surface area contributed by atoms with Crippen molar-refractivity contribution >= 4 is 38.4 Å². The zero-order valence-corrected chi connectivity index (χ0v) is 22.5. The topological polar surface area (TPSA) is 102 Å². The number of methoxy groups -OCH3 is 1. The van der Waals surface area contributed by atoms with E-state index in [2.05, 4.69) is 4.98 Å². The van der Waals surface area contributed by atoms with Gasteiger partial charge in [0.2, 0.25) is 5.78 Å². The Hall–Kier alpha value is -4.89. The summed E-state index contributed by atoms with van der Waals surface area (Å²) < 4.78 is 17.6. The predicted molar refractivity (Wildman–Crippen MR) is 151 cm³/mol. The molecule has 1 unspecified atom stereocenters. The molecule has 2 aromatic heterocycles. The normalized spacial score (nSPS) is 15.2. The predicted octanol–water partition coefficient (Wildman–Crippen LogP) is 6.57. The van der Waals surface area contributed by atoms with Gasteiger partial charge in [-0.1, -0.05) is 53.8 Å². The van der Waals surface area contributed by atoms with E-state index in [-0.39, 0.29) is 11.3 Å². The standard InChI is InChI=1S/C31H24N2O6S/c1-18-8-15-24(39-18)28(34)26-27(20-9-11-21(12-10-20)38-17-19-6-4-3-5-7-19)33(30(36)29(26)35)31-32-23-14-13-22(37-2)16-25(23)40-31/h3-16,27,35H,17H2,1-2H3. The molecule has 0 bridgehead atoms. The first-order valence-corrected chi connectivity index (χ1v) is 13.3. The SMILES string of the molecule is COc1ccc2nc(N3C(=O)C(O)=C(C(=O)c4ccc(C)o4)C3c3ccc(OCc4ccccc4)cc3)sc2c1. The average molecular weight is 553 g/mol. The number of aliphatic hydroxyl groups excluding tert-OH is 1. The summed E-state index contributed by atoms with van der Waals surface area (Å²) in [4.78, 5) is 33.1. The van der Waals surface area contributed by atoms with Crippen LogP contribution in [0.15, 0.2) is 101 Å². The number of carbonyl (C=O) groups is 2. The fourth-order valence-electron chi connectivity index (χ4n) is 4.65. The maximum absolute atomic E-state index is 13.6. The Morgan fingerprint density at radius 3 is 2.48 bits per heavy atom. The highest BCUT2D eigenvalue weighted by Crippen LogP contribution is 2.45. The molecule has 3 aromatic carbocycles. The van der Waals surface area contributed by atoms with Crippen molar-refractivity contribution in [2.24, 2.45) is 0 Å². The second kappa shape index (κ2) is 10.3. The number of aliphatic hydroxyl groups is 1. The van der Waals surface area contributed by atoms with Crippen LogP contribution in [0.4, 0.5) is 5.13 Å². The molecule has 1 amide bonds. The summed E-state index contributed by atoms with van der Waals surface area (Å²) in [7, 11) is 1.58. The van der Waals surface area contributed by atoms with Gasteiger partial charge >= 0.3 is 0 Å². The van der Waals surface area contributed by atoms with Gasteiger partial charge in [0.15, 0.2) is 16.7 Å². The van der Waals surface area contributed by atoms with Gasteiger partial charge in [0.05, 0.1) is 28.9 Å². The molecule has 1 aliphatic heterocycles. The highest BCUT2D eigenvalue weighted by atomic mass is 32.1. The number of fused-ring (bicyclic) bond motifs is 1. The summed E-state index contributed by atoms with van der Waals surface area (Å²) in [5.74, 6) is -0.0610. The van der Waals surface area contributed by atoms with Crippen LogP contribution in [0.25, 0.3) is 10.2 Å². The lowest BCUT2D eigenvalue weighted by molar-refractivity contribution is -0.117. The molecule has 0 aliphatic carbocycles. The van der Waals surface area contributed by atoms with E-state index >= 15 is 0 Å². The number of ketones is 1. The minimum absolute atomic E-state index is 0.0375. The first-order valence-electron chi connectivity index (χ1n) is 12.5. The molecule has 0 radical (unpaired) electrons. The van der Waals surface area contributed by atoms with Crippen LogP contribution in [0.2, 0.25) is 0 Å². The molecule has 0 saturated carbocycles. The Bertz CT molecular complexity index is 1750. The number of nitrogens with zero attached hydrogens (tertiary/aromatic N) is 2. The van der Waals surface area contributed by atoms with Crippen molar-refractivity contribution < 1.29 is 28.6 Å². The monoisotopic (exact) mass is 552 g/mol. The Kier molecular flexibility index (Phi) is 6.57. The number of carbonyl (C=O) groups excluding carboxylic acids is 2. The lowest BCUT2D eigenvalue weighted by atomic mass is 9.95. The van der Waals surface area contributed by atoms with Gasteiger partial charge in [0.25, 0.3) is 5.91 Å². The molecule has 0 fully saturated rings. The Morgan fingerprint density at radius 1 is 1.02 bits per heavy atom. The number of furan rings is 1. The van der Waals surface area contributed by atoms with Crippen LogP contribution >= 0.6 is 11.3 Å². The van der Waals surface area contributed by atoms with E-state index in [4.69, 9.17) is 13.9 Å². The second-order valence-corrected chi connectivity index (χ2v) is 10.3. The molecule has 0 saturated heterocycles. The Labute approximate surface area is 233 Å². The molecule has 40 heavy (non-hydrogen) atoms. The fourth-order valence-corrected chi connectivity index (χ4v) is 5.67. The summed E-state index contributed by atoms with van der Waals surface area (Å²) >= 11 is 1.27. The summed E-state index contributed by atoms with van der Waals surface area (Å²) in [5, 5.41) is 11.4. The minimum atomic E-state index is -0.934. The molecule has 5 aromatic rings. The van der Waals surface area contributed by atoms with Crippen LogP contribution in [-0.2, 0) is 11.4 Å². The van der Waals surface area contributed by atoms with Gasteiger partial charge in [0, 0.05) is 0 Å². The van der Waals surface area contributed by atoms with Crippen LogP contribution in [0, 0.1) is 6.92 Å². The number of hydrogen-bond donors (Lipinski definition) is 1. The lowest BCUT2D eigenvalue weighted by Gasteiger charge is -2.24. The number of aromatic nitrogens is 1. The van der Waals surface area contributed by atoms with Crippen molar-refractivity contribution in [3.8, 4) is 11.5 Å². The van der Waals surface area contributed by atoms with E-state index in [0.29, 0.717) is 40.1 Å². The van der Waals surface area contributed by atoms with Gasteiger partial charge in [-0.25, -0.2) is 4.98 Å². The largest absolute Gasteiger partial charge is 0.503 e. The number of aryl methyl sites for hydroxylation is 1. The molecule has 200 valence electrons. The van der Waals surface area contributed by atoms with Gasteiger partial charge in [-0.05, 0) is 60.5 Å². The number of thiazole rings is 1. The Balaban J connectivity index is 1.39. The highest BCUT2D eigenvalue weighted by molar-refractivity contribution is 7.22. The molecule has 9 heteroatoms. The third-order valence-electron chi connectivity index (χ3n) is 6.65. The van der Waals surface area contributed by atoms with Crippen LogP contribution in [0.1, 0.15) is 33.5 Å². The number of amides is 1. The molecule has 1 N–H and O–H groups in total. The number of rotatable bonds is 8. The highest BCUT2D eigenvalue weighted by Gasteiger charge is 2.46. The van der Waals surface area contributed by atoms with Crippen LogP contribution in [0.3, 0.4) is 0 Å². The van der Waals surface area contributed by atoms with Crippen molar-refractivity contribution in [3.05, 3.63) is 119 Å². The third-order valence-corrected chi connectivity index (χ3v) is 7.67. The second-order valence-electron chi connectivity index (χ2n) is 9.25. The smallest absolute Gasteiger partial charge is 0.296 e. The van der Waals surface area contributed by atoms with Gasteiger partial charge < -0.3 is 19.0 Å². The quantitative estimate of drug-likeness (QED) is 0.217. The van der Waals surface area contributed by atoms with Crippen molar-refractivity contribution in [2.45, 2.75) is 19.6 Å². The molecule has 3 heterocycles. The van der Waals surface area contributed by atoms with E-state index in [1.54, 1.807) is 56.5 Å². The van der Waals surface area contributed by atoms with E-state index in [1.807, 2.05) is 36.4 Å². The Morgan fingerprint density at radius 2 is 1.77 bits per heavy atom. The molecule has 8 nitrogen and oxygen atoms in total. The van der Waals surface area contributed by atoms with Crippen LogP contribution < -0.4 is 14.4 Å². The van der Waals surface area contributed by atoms with Crippen molar-refractivity contribution in [1.29, 1.82) is 0 Å². The number of ether oxygens (including phenoxy) is 2. The van der Waals surface area contributed by atoms with Crippen LogP contribution in [0.5, 0.6) is 11.5 Å². The summed E-state index contributed by atoms with van der Waals surface area (Å²) in [6.45, 7) is 2.11. The molecular weight excluding hydrogens is 528 g/mol. The fraction of sp³-hybridized carbons (Fsp3) is 0.129. The van der Waals surface area contributed by atoms with E-state index in [1.165, 1.54) is 22.3 Å². The zero-order chi connectivity index (χ0) is 27.8. The van der Waals surface area contributed by atoms with Crippen molar-refractivity contribution in [2.75, 3.05) is 12.0 Å². The summed E-state index contributed by atoms with van der Waals surface area (Å²) in [6, 6.07) is 24.6. The number of hydrogen-bond acceptors (Lipinski definition) is 8. The first-order chi connectivity index (χ1) is 19.4. The van der Waals surface area contributed by atoms with Gasteiger partial charge in [-0.2, -0.15) is 0 Å². The summed E-state index contributed by atoms with van der Waals surface area (Å²) in [6.07, 6.45) is 0. The lowest BCUT2D eigenvalue weighted by Crippen LogP contribution is -2.30. The molecule has 1 aliphatic rings. The summed E-state index contributed by atoms with van der Waals surface area (Å²) in [5.41, 5.74) is 2.22. The van der Waals surface area contributed by atoms with Gasteiger partial charge in [-0.3, -0.25) is 14.5 Å². The first kappa shape index (κ1) is 25.4. The molecule has 1 atom stereocenters. The van der Waals surface area contributed by atoms with Crippen LogP contribution in [-0.4, -0.2) is 28.9 Å². The van der Waals surface area contributed by atoms with Crippen molar-refractivity contribution in [1.82, 2.24) is 4.98 Å². The number of anilines is 1. The maximum Gasteiger partial charge on any atom is 0.296 e. The molecular formula is C31H24N2O6S. The van der Waals surface area contributed by atoms with Crippen molar-refractivity contribution in [3.63, 3.8) is 0 Å². The van der Waals surface area contributed by atoms with Gasteiger partial charge in [-0.15, -0.1) is 0 Å². The average Bonchev–Trinajstić information content (AvgIpc) is 3.67. The number of benzene rings is 3. The third kappa shape index (κ3) is 4.60. The zero-order valence-electron chi connectivity index (χ0n) is 21.7. The molecule has 6 rings (SSSR count). The van der Waals surface area contributed by atoms with E-state index in [9.17, 15) is 14.7 Å². The van der Waals surface area contributed by atoms with Gasteiger partial charge in [0.1, 0.15) is 23.9 Å². The van der Waals surface area contributed by atoms with E-state index in [0.717, 1.165) is 10.3 Å². The maximum atomic E-state index is 13.6. The minimum Gasteiger partial charge on any atom is -0.503 e. The number of Topliss-reactive ketones (excluding diaryl/α,β-unsaturated/α-hetero) is 1. The van der Waals surface area contributed by atoms with E-state index < -0.39 is 23.5 Å². The molecule has 0 spiro atoms.